The van der Waals surface area contributed by atoms with Gasteiger partial charge in [0.05, 0.1) is 23.7 Å². The zero-order valence-corrected chi connectivity index (χ0v) is 14.4. The molecule has 3 rings (SSSR count). The topological polar surface area (TPSA) is 109 Å². The molecule has 1 aromatic heterocycles. The molecule has 0 spiro atoms. The molecule has 0 radical (unpaired) electrons. The normalized spacial score (nSPS) is 10.1. The summed E-state index contributed by atoms with van der Waals surface area (Å²) in [7, 11) is 0. The highest BCUT2D eigenvalue weighted by Crippen LogP contribution is 2.28. The first kappa shape index (κ1) is 17.3. The Morgan fingerprint density at radius 1 is 1.12 bits per heavy atom. The molecule has 0 saturated heterocycles. The molecule has 0 bridgehead atoms. The lowest BCUT2D eigenvalue weighted by Gasteiger charge is -2.10. The van der Waals surface area contributed by atoms with Gasteiger partial charge in [0, 0.05) is 16.5 Å². The zero-order valence-electron chi connectivity index (χ0n) is 13.6. The molecule has 26 heavy (non-hydrogen) atoms. The van der Waals surface area contributed by atoms with Crippen molar-refractivity contribution < 1.29 is 9.59 Å². The van der Waals surface area contributed by atoms with Gasteiger partial charge in [-0.25, -0.2) is 4.98 Å². The molecular weight excluding hydrogens is 348 g/mol. The van der Waals surface area contributed by atoms with Crippen LogP contribution in [0, 0.1) is 11.3 Å². The van der Waals surface area contributed by atoms with Crippen LogP contribution >= 0.6 is 11.3 Å². The summed E-state index contributed by atoms with van der Waals surface area (Å²) in [5, 5.41) is 14.1. The molecule has 0 aliphatic heterocycles. The summed E-state index contributed by atoms with van der Waals surface area (Å²) in [4.78, 5) is 27.9. The second-order valence-corrected chi connectivity index (χ2v) is 6.30. The number of nitrogens with zero attached hydrogens (tertiary/aromatic N) is 2. The molecule has 0 fully saturated rings. The quantitative estimate of drug-likeness (QED) is 0.727. The Kier molecular flexibility index (Phi) is 5.06. The maximum Gasteiger partial charge on any atom is 0.258 e. The highest BCUT2D eigenvalue weighted by Gasteiger charge is 2.16. The van der Waals surface area contributed by atoms with Gasteiger partial charge in [0.25, 0.3) is 5.91 Å². The van der Waals surface area contributed by atoms with E-state index in [0.29, 0.717) is 33.1 Å². The lowest BCUT2D eigenvalue weighted by molar-refractivity contribution is -0.117. The predicted octanol–water partition coefficient (Wildman–Crippen LogP) is 2.96. The van der Waals surface area contributed by atoms with E-state index in [0.717, 1.165) is 0 Å². The number of carbonyl (C=O) groups is 2. The predicted molar refractivity (Wildman–Crippen MR) is 99.6 cm³/mol. The molecule has 6 nitrogen and oxygen atoms in total. The molecule has 7 heteroatoms. The summed E-state index contributed by atoms with van der Waals surface area (Å²) < 4.78 is 0. The van der Waals surface area contributed by atoms with E-state index in [2.05, 4.69) is 16.4 Å². The van der Waals surface area contributed by atoms with Crippen LogP contribution in [0.2, 0.25) is 0 Å². The molecule has 0 saturated carbocycles. The van der Waals surface area contributed by atoms with Gasteiger partial charge in [-0.1, -0.05) is 36.4 Å². The Labute approximate surface area is 153 Å². The van der Waals surface area contributed by atoms with E-state index in [1.54, 1.807) is 41.8 Å². The number of benzene rings is 2. The number of amides is 2. The number of thiazole rings is 1. The van der Waals surface area contributed by atoms with Crippen molar-refractivity contribution in [3.05, 3.63) is 70.7 Å². The Hall–Kier alpha value is -3.50. The number of nitrogens with one attached hydrogen (secondary N) is 1. The number of primary amides is 1. The first-order valence-electron chi connectivity index (χ1n) is 7.71. The summed E-state index contributed by atoms with van der Waals surface area (Å²) in [6, 6.07) is 16.3. The SMILES string of the molecule is N#Cc1ccccc1-c1ccccc1C(=O)Nc1nc(CC(N)=O)cs1. The number of carbonyl (C=O) groups excluding carboxylic acids is 2. The molecule has 2 amide bonds. The van der Waals surface area contributed by atoms with Gasteiger partial charge in [0.1, 0.15) is 0 Å². The average molecular weight is 362 g/mol. The van der Waals surface area contributed by atoms with Crippen molar-refractivity contribution in [2.75, 3.05) is 5.32 Å². The molecule has 0 atom stereocenters. The van der Waals surface area contributed by atoms with Gasteiger partial charge in [-0.3, -0.25) is 14.9 Å². The van der Waals surface area contributed by atoms with E-state index in [-0.39, 0.29) is 12.3 Å². The van der Waals surface area contributed by atoms with Gasteiger partial charge in [0.2, 0.25) is 5.91 Å². The molecule has 1 heterocycles. The number of nitriles is 1. The van der Waals surface area contributed by atoms with E-state index < -0.39 is 5.91 Å². The van der Waals surface area contributed by atoms with E-state index in [1.165, 1.54) is 11.3 Å². The zero-order chi connectivity index (χ0) is 18.5. The van der Waals surface area contributed by atoms with E-state index in [9.17, 15) is 14.9 Å². The van der Waals surface area contributed by atoms with Crippen LogP contribution in [0.1, 0.15) is 21.6 Å². The first-order chi connectivity index (χ1) is 12.6. The minimum absolute atomic E-state index is 0.0263. The van der Waals surface area contributed by atoms with Crippen LogP contribution in [0.4, 0.5) is 5.13 Å². The Balaban J connectivity index is 1.90. The minimum atomic E-state index is -0.480. The summed E-state index contributed by atoms with van der Waals surface area (Å²) >= 11 is 1.22. The Morgan fingerprint density at radius 3 is 2.54 bits per heavy atom. The molecule has 0 aliphatic rings. The van der Waals surface area contributed by atoms with Crippen molar-refractivity contribution in [1.29, 1.82) is 5.26 Å². The summed E-state index contributed by atoms with van der Waals surface area (Å²) in [6.07, 6.45) is 0.0263. The van der Waals surface area contributed by atoms with Gasteiger partial charge >= 0.3 is 0 Å². The fourth-order valence-electron chi connectivity index (χ4n) is 2.52. The van der Waals surface area contributed by atoms with Gasteiger partial charge < -0.3 is 5.73 Å². The fraction of sp³-hybridized carbons (Fsp3) is 0.0526. The number of hydrogen-bond donors (Lipinski definition) is 2. The third-order valence-electron chi connectivity index (χ3n) is 3.64. The molecule has 2 aromatic carbocycles. The van der Waals surface area contributed by atoms with Crippen molar-refractivity contribution in [3.8, 4) is 17.2 Å². The number of aromatic nitrogens is 1. The second-order valence-electron chi connectivity index (χ2n) is 5.44. The van der Waals surface area contributed by atoms with Crippen LogP contribution in [-0.4, -0.2) is 16.8 Å². The summed E-state index contributed by atoms with van der Waals surface area (Å²) in [5.41, 5.74) is 7.94. The lowest BCUT2D eigenvalue weighted by Crippen LogP contribution is -2.15. The maximum absolute atomic E-state index is 12.7. The monoisotopic (exact) mass is 362 g/mol. The van der Waals surface area contributed by atoms with Crippen LogP contribution < -0.4 is 11.1 Å². The summed E-state index contributed by atoms with van der Waals surface area (Å²) in [5.74, 6) is -0.819. The maximum atomic E-state index is 12.7. The fourth-order valence-corrected chi connectivity index (χ4v) is 3.23. The lowest BCUT2D eigenvalue weighted by atomic mass is 9.95. The molecule has 128 valence electrons. The van der Waals surface area contributed by atoms with Gasteiger partial charge in [-0.05, 0) is 17.7 Å². The highest BCUT2D eigenvalue weighted by atomic mass is 32.1. The van der Waals surface area contributed by atoms with Crippen molar-refractivity contribution in [3.63, 3.8) is 0 Å². The Morgan fingerprint density at radius 2 is 1.81 bits per heavy atom. The van der Waals surface area contributed by atoms with Gasteiger partial charge in [-0.15, -0.1) is 11.3 Å². The second kappa shape index (κ2) is 7.59. The van der Waals surface area contributed by atoms with Crippen LogP contribution in [0.3, 0.4) is 0 Å². The van der Waals surface area contributed by atoms with E-state index >= 15 is 0 Å². The van der Waals surface area contributed by atoms with Crippen LogP contribution in [0.5, 0.6) is 0 Å². The minimum Gasteiger partial charge on any atom is -0.369 e. The molecule has 0 unspecified atom stereocenters. The number of anilines is 1. The third-order valence-corrected chi connectivity index (χ3v) is 4.44. The molecule has 0 aliphatic carbocycles. The number of rotatable bonds is 5. The van der Waals surface area contributed by atoms with Crippen molar-refractivity contribution in [2.45, 2.75) is 6.42 Å². The highest BCUT2D eigenvalue weighted by molar-refractivity contribution is 7.14. The largest absolute Gasteiger partial charge is 0.369 e. The van der Waals surface area contributed by atoms with E-state index in [4.69, 9.17) is 5.73 Å². The molecule has 3 N–H and O–H groups in total. The van der Waals surface area contributed by atoms with Crippen LogP contribution in [-0.2, 0) is 11.2 Å². The van der Waals surface area contributed by atoms with Crippen molar-refractivity contribution in [1.82, 2.24) is 4.98 Å². The number of hydrogen-bond acceptors (Lipinski definition) is 5. The Bertz CT molecular complexity index is 1020. The van der Waals surface area contributed by atoms with Crippen molar-refractivity contribution >= 4 is 28.3 Å². The molecule has 3 aromatic rings. The summed E-state index contributed by atoms with van der Waals surface area (Å²) in [6.45, 7) is 0. The average Bonchev–Trinajstić information content (AvgIpc) is 3.07. The van der Waals surface area contributed by atoms with Crippen LogP contribution in [0.15, 0.2) is 53.9 Å². The first-order valence-corrected chi connectivity index (χ1v) is 8.59. The third kappa shape index (κ3) is 3.77. The standard InChI is InChI=1S/C19H14N4O2S/c20-10-12-5-1-2-6-14(12)15-7-3-4-8-16(15)18(25)23-19-22-13(11-26-19)9-17(21)24/h1-8,11H,9H2,(H2,21,24)(H,22,23,25). The van der Waals surface area contributed by atoms with Crippen molar-refractivity contribution in [2.24, 2.45) is 5.73 Å². The smallest absolute Gasteiger partial charge is 0.258 e. The van der Waals surface area contributed by atoms with E-state index in [1.807, 2.05) is 12.1 Å². The molecular formula is C19H14N4O2S. The van der Waals surface area contributed by atoms with Gasteiger partial charge in [-0.2, -0.15) is 5.26 Å². The van der Waals surface area contributed by atoms with Gasteiger partial charge in [0.15, 0.2) is 5.13 Å². The number of nitrogens with two attached hydrogens (primary N) is 1. The van der Waals surface area contributed by atoms with Crippen LogP contribution in [0.25, 0.3) is 11.1 Å².